The van der Waals surface area contributed by atoms with Crippen molar-refractivity contribution in [1.29, 1.82) is 0 Å². The number of anilines is 4. The van der Waals surface area contributed by atoms with Crippen LogP contribution in [0.1, 0.15) is 85.1 Å². The van der Waals surface area contributed by atoms with Crippen LogP contribution in [0.4, 0.5) is 22.7 Å². The third kappa shape index (κ3) is 5.00. The van der Waals surface area contributed by atoms with E-state index in [1.807, 2.05) is 70.7 Å². The number of benzene rings is 2. The van der Waals surface area contributed by atoms with Crippen molar-refractivity contribution < 1.29 is 14.3 Å². The zero-order chi connectivity index (χ0) is 30.7. The molecule has 0 amide bonds. The summed E-state index contributed by atoms with van der Waals surface area (Å²) in [6.45, 7) is 16.6. The van der Waals surface area contributed by atoms with Crippen LogP contribution in [0.25, 0.3) is 5.70 Å². The van der Waals surface area contributed by atoms with E-state index in [4.69, 9.17) is 16.0 Å². The second kappa shape index (κ2) is 10.5. The molecule has 4 aromatic rings. The summed E-state index contributed by atoms with van der Waals surface area (Å²) in [4.78, 5) is 39.6. The Bertz CT molecular complexity index is 1800. The summed E-state index contributed by atoms with van der Waals surface area (Å²) in [6.07, 6.45) is 0. The van der Waals surface area contributed by atoms with Gasteiger partial charge in [-0.25, -0.2) is 4.79 Å². The Morgan fingerprint density at radius 3 is 2.36 bits per heavy atom. The number of hydrogen-bond donors (Lipinski definition) is 3. The quantitative estimate of drug-likeness (QED) is 0.181. The van der Waals surface area contributed by atoms with Crippen LogP contribution in [0.2, 0.25) is 5.02 Å². The number of carbonyl (C=O) groups is 1. The molecule has 0 bridgehead atoms. The van der Waals surface area contributed by atoms with Crippen LogP contribution >= 0.6 is 11.6 Å². The van der Waals surface area contributed by atoms with Crippen molar-refractivity contribution >= 4 is 46.0 Å². The fourth-order valence-electron chi connectivity index (χ4n) is 5.39. The Balaban J connectivity index is 1.53. The van der Waals surface area contributed by atoms with Crippen molar-refractivity contribution in [2.75, 3.05) is 15.5 Å². The molecule has 1 aromatic heterocycles. The molecule has 218 valence electrons. The highest BCUT2D eigenvalue weighted by atomic mass is 35.5. The van der Waals surface area contributed by atoms with Gasteiger partial charge in [0.1, 0.15) is 22.9 Å². The van der Waals surface area contributed by atoms with Gasteiger partial charge in [0.05, 0.1) is 23.8 Å². The summed E-state index contributed by atoms with van der Waals surface area (Å²) < 4.78 is 5.87. The lowest BCUT2D eigenvalue weighted by molar-refractivity contribution is 0.0697. The lowest BCUT2D eigenvalue weighted by atomic mass is 9.85. The van der Waals surface area contributed by atoms with Crippen LogP contribution in [-0.2, 0) is 6.54 Å². The van der Waals surface area contributed by atoms with E-state index in [1.165, 1.54) is 0 Å². The van der Waals surface area contributed by atoms with Crippen molar-refractivity contribution in [3.8, 4) is 0 Å². The monoisotopic (exact) mass is 587 g/mol. The molecular formula is C33H34ClN3O5. The molecule has 5 rings (SSSR count). The maximum atomic E-state index is 12.8. The van der Waals surface area contributed by atoms with Crippen LogP contribution in [0.3, 0.4) is 0 Å². The molecule has 1 atom stereocenters. The van der Waals surface area contributed by atoms with Crippen LogP contribution in [0.15, 0.2) is 63.0 Å². The summed E-state index contributed by atoms with van der Waals surface area (Å²) in [6, 6.07) is 12.1. The van der Waals surface area contributed by atoms with E-state index in [9.17, 15) is 19.5 Å². The molecule has 0 saturated carbocycles. The van der Waals surface area contributed by atoms with Crippen LogP contribution in [0, 0.1) is 12.3 Å². The molecule has 0 spiro atoms. The Kier molecular flexibility index (Phi) is 7.31. The molecule has 3 N–H and O–H groups in total. The first-order valence-corrected chi connectivity index (χ1v) is 14.2. The Labute approximate surface area is 249 Å². The molecule has 1 aliphatic rings. The standard InChI is InChI=1S/C33H34ClN3O5/c1-16(2)19-9-10-20(32(40)41)24(14-19)37-15-21-22(34)11-12-23(26(21)18(37)4)35-27-28(30(39)29(27)38)36-31(33(5,6)7)25-13-8-17(3)42-25/h8-14,16,31,35-36H,4,15H2,1-3,5-7H3,(H,40,41)/t31-/m0/s1. The number of halogens is 1. The SMILES string of the molecule is C=C1c2c(Nc3c(N[C@@H](c4ccc(C)o4)C(C)(C)C)c(=O)c3=O)ccc(Cl)c2CN1c1cc(C(C)C)ccc1C(=O)O. The number of nitrogens with one attached hydrogen (secondary N) is 2. The van der Waals surface area contributed by atoms with E-state index < -0.39 is 16.8 Å². The predicted molar refractivity (Wildman–Crippen MR) is 168 cm³/mol. The third-order valence-corrected chi connectivity index (χ3v) is 8.12. The second-order valence-electron chi connectivity index (χ2n) is 12.1. The molecule has 1 aliphatic heterocycles. The van der Waals surface area contributed by atoms with Gasteiger partial charge in [0.2, 0.25) is 0 Å². The lowest BCUT2D eigenvalue weighted by Crippen LogP contribution is -2.39. The lowest BCUT2D eigenvalue weighted by Gasteiger charge is -2.31. The number of carboxylic acids is 1. The number of aryl methyl sites for hydroxylation is 1. The van der Waals surface area contributed by atoms with Gasteiger partial charge in [-0.3, -0.25) is 9.59 Å². The molecule has 0 aliphatic carbocycles. The van der Waals surface area contributed by atoms with Gasteiger partial charge in [-0.15, -0.1) is 0 Å². The van der Waals surface area contributed by atoms with E-state index in [0.717, 1.165) is 16.9 Å². The van der Waals surface area contributed by atoms with E-state index in [0.29, 0.717) is 40.0 Å². The third-order valence-electron chi connectivity index (χ3n) is 7.77. The van der Waals surface area contributed by atoms with E-state index >= 15 is 0 Å². The molecular weight excluding hydrogens is 554 g/mol. The predicted octanol–water partition coefficient (Wildman–Crippen LogP) is 7.59. The molecule has 0 fully saturated rings. The number of nitrogens with zero attached hydrogens (tertiary/aromatic N) is 1. The topological polar surface area (TPSA) is 112 Å². The van der Waals surface area contributed by atoms with Gasteiger partial charge in [-0.2, -0.15) is 0 Å². The van der Waals surface area contributed by atoms with Crippen molar-refractivity contribution in [1.82, 2.24) is 0 Å². The van der Waals surface area contributed by atoms with Gasteiger partial charge in [0.15, 0.2) is 0 Å². The second-order valence-corrected chi connectivity index (χ2v) is 12.6. The highest BCUT2D eigenvalue weighted by Crippen LogP contribution is 2.45. The number of furan rings is 1. The Hall–Kier alpha value is -4.30. The maximum Gasteiger partial charge on any atom is 0.337 e. The van der Waals surface area contributed by atoms with Gasteiger partial charge in [-0.05, 0) is 60.2 Å². The number of aromatic carboxylic acids is 1. The normalized spacial score (nSPS) is 14.0. The fraction of sp³-hybridized carbons (Fsp3) is 0.303. The molecule has 3 aromatic carbocycles. The zero-order valence-corrected chi connectivity index (χ0v) is 25.3. The fourth-order valence-corrected chi connectivity index (χ4v) is 5.61. The van der Waals surface area contributed by atoms with Gasteiger partial charge in [0, 0.05) is 27.5 Å². The summed E-state index contributed by atoms with van der Waals surface area (Å²) in [5, 5.41) is 16.9. The first-order valence-electron chi connectivity index (χ1n) is 13.8. The summed E-state index contributed by atoms with van der Waals surface area (Å²) in [7, 11) is 0. The van der Waals surface area contributed by atoms with Crippen LogP contribution < -0.4 is 26.4 Å². The molecule has 0 unspecified atom stereocenters. The number of hydrogen-bond acceptors (Lipinski definition) is 7. The number of rotatable bonds is 8. The first-order chi connectivity index (χ1) is 19.7. The summed E-state index contributed by atoms with van der Waals surface area (Å²) >= 11 is 6.63. The van der Waals surface area contributed by atoms with Crippen LogP contribution in [0.5, 0.6) is 0 Å². The highest BCUT2D eigenvalue weighted by molar-refractivity contribution is 6.32. The number of carboxylic acid groups (broad SMARTS) is 1. The summed E-state index contributed by atoms with van der Waals surface area (Å²) in [5.41, 5.74) is 2.83. The van der Waals surface area contributed by atoms with E-state index in [-0.39, 0.29) is 34.3 Å². The van der Waals surface area contributed by atoms with Crippen molar-refractivity contribution in [2.24, 2.45) is 5.41 Å². The minimum Gasteiger partial charge on any atom is -0.478 e. The Morgan fingerprint density at radius 2 is 1.76 bits per heavy atom. The maximum absolute atomic E-state index is 12.8. The largest absolute Gasteiger partial charge is 0.478 e. The minimum atomic E-state index is -1.05. The number of fused-ring (bicyclic) bond motifs is 1. The molecule has 9 heteroatoms. The smallest absolute Gasteiger partial charge is 0.337 e. The Morgan fingerprint density at radius 1 is 1.07 bits per heavy atom. The zero-order valence-electron chi connectivity index (χ0n) is 24.5. The molecule has 42 heavy (non-hydrogen) atoms. The first kappa shape index (κ1) is 29.2. The van der Waals surface area contributed by atoms with Gasteiger partial charge in [-0.1, -0.05) is 58.9 Å². The van der Waals surface area contributed by atoms with Crippen LogP contribution in [-0.4, -0.2) is 11.1 Å². The van der Waals surface area contributed by atoms with Crippen molar-refractivity contribution in [2.45, 2.75) is 60.0 Å². The summed E-state index contributed by atoms with van der Waals surface area (Å²) in [5.74, 6) is 0.545. The van der Waals surface area contributed by atoms with Gasteiger partial charge in [0.25, 0.3) is 10.9 Å². The van der Waals surface area contributed by atoms with E-state index in [2.05, 4.69) is 17.2 Å². The molecule has 0 radical (unpaired) electrons. The molecule has 2 heterocycles. The van der Waals surface area contributed by atoms with E-state index in [1.54, 1.807) is 18.2 Å². The van der Waals surface area contributed by atoms with Gasteiger partial charge >= 0.3 is 5.97 Å². The minimum absolute atomic E-state index is 0.140. The van der Waals surface area contributed by atoms with Crippen molar-refractivity contribution in [3.63, 3.8) is 0 Å². The average Bonchev–Trinajstić information content (AvgIpc) is 3.51. The van der Waals surface area contributed by atoms with Gasteiger partial charge < -0.3 is 25.1 Å². The highest BCUT2D eigenvalue weighted by Gasteiger charge is 2.35. The molecule has 8 nitrogen and oxygen atoms in total. The molecule has 0 saturated heterocycles. The van der Waals surface area contributed by atoms with Crippen molar-refractivity contribution in [3.05, 3.63) is 108 Å². The average molecular weight is 588 g/mol.